The molecule has 0 unspecified atom stereocenters. The Hall–Kier alpha value is -1.56. The number of anilines is 2. The van der Waals surface area contributed by atoms with Gasteiger partial charge in [0.1, 0.15) is 5.82 Å². The topological polar surface area (TPSA) is 31.4 Å². The lowest BCUT2D eigenvalue weighted by molar-refractivity contribution is 0.389. The maximum Gasteiger partial charge on any atom is 0.173 e. The zero-order chi connectivity index (χ0) is 16.2. The van der Waals surface area contributed by atoms with Crippen LogP contribution in [0, 0.1) is 0 Å². The predicted octanol–water partition coefficient (Wildman–Crippen LogP) is 3.91. The van der Waals surface area contributed by atoms with Crippen molar-refractivity contribution in [1.29, 1.82) is 0 Å². The van der Waals surface area contributed by atoms with Gasteiger partial charge in [0.05, 0.1) is 10.7 Å². The molecule has 0 saturated carbocycles. The molecular formula is C16H16Cl2N4S. The van der Waals surface area contributed by atoms with Gasteiger partial charge in [-0.3, -0.25) is 0 Å². The standard InChI is InChI=1S/C16H16Cl2N4S/c17-12-4-5-13(18)14(11-12)20-16(23)22-9-7-21(8-10-22)15-3-1-2-6-19-15/h1-6,11H,7-10H2,(H,20,23). The first-order valence-corrected chi connectivity index (χ1v) is 8.47. The quantitative estimate of drug-likeness (QED) is 0.814. The summed E-state index contributed by atoms with van der Waals surface area (Å²) in [6, 6.07) is 11.2. The van der Waals surface area contributed by atoms with Crippen LogP contribution >= 0.6 is 35.4 Å². The van der Waals surface area contributed by atoms with Crippen LogP contribution in [-0.4, -0.2) is 41.2 Å². The maximum absolute atomic E-state index is 6.17. The van der Waals surface area contributed by atoms with Crippen LogP contribution in [0.15, 0.2) is 42.6 Å². The molecule has 1 aromatic heterocycles. The molecule has 2 heterocycles. The zero-order valence-electron chi connectivity index (χ0n) is 12.4. The van der Waals surface area contributed by atoms with Crippen molar-refractivity contribution >= 4 is 52.0 Å². The van der Waals surface area contributed by atoms with Crippen LogP contribution in [0.25, 0.3) is 0 Å². The number of thiocarbonyl (C=S) groups is 1. The monoisotopic (exact) mass is 366 g/mol. The molecule has 3 rings (SSSR count). The van der Waals surface area contributed by atoms with Crippen molar-refractivity contribution in [1.82, 2.24) is 9.88 Å². The van der Waals surface area contributed by atoms with E-state index in [1.165, 1.54) is 0 Å². The largest absolute Gasteiger partial charge is 0.353 e. The molecule has 1 saturated heterocycles. The molecule has 2 aromatic rings. The Bertz CT molecular complexity index is 688. The van der Waals surface area contributed by atoms with E-state index < -0.39 is 0 Å². The van der Waals surface area contributed by atoms with E-state index in [0.717, 1.165) is 37.7 Å². The van der Waals surface area contributed by atoms with Crippen LogP contribution in [0.4, 0.5) is 11.5 Å². The number of aromatic nitrogens is 1. The lowest BCUT2D eigenvalue weighted by Gasteiger charge is -2.36. The van der Waals surface area contributed by atoms with Crippen LogP contribution in [0.3, 0.4) is 0 Å². The highest BCUT2D eigenvalue weighted by Gasteiger charge is 2.20. The van der Waals surface area contributed by atoms with Gasteiger partial charge in [-0.15, -0.1) is 0 Å². The van der Waals surface area contributed by atoms with Crippen LogP contribution < -0.4 is 10.2 Å². The number of pyridine rings is 1. The summed E-state index contributed by atoms with van der Waals surface area (Å²) in [5, 5.41) is 5.07. The second kappa shape index (κ2) is 7.34. The number of rotatable bonds is 2. The molecule has 0 spiro atoms. The number of nitrogens with one attached hydrogen (secondary N) is 1. The highest BCUT2D eigenvalue weighted by atomic mass is 35.5. The smallest absolute Gasteiger partial charge is 0.173 e. The fourth-order valence-corrected chi connectivity index (χ4v) is 3.10. The average Bonchev–Trinajstić information content (AvgIpc) is 2.59. The maximum atomic E-state index is 6.17. The van der Waals surface area contributed by atoms with Gasteiger partial charge >= 0.3 is 0 Å². The van der Waals surface area contributed by atoms with E-state index >= 15 is 0 Å². The van der Waals surface area contributed by atoms with Gasteiger partial charge in [0, 0.05) is 37.4 Å². The number of piperazine rings is 1. The number of nitrogens with zero attached hydrogens (tertiary/aromatic N) is 3. The summed E-state index contributed by atoms with van der Waals surface area (Å²) < 4.78 is 0. The van der Waals surface area contributed by atoms with Crippen LogP contribution in [-0.2, 0) is 0 Å². The Labute approximate surface area is 151 Å². The number of hydrogen-bond donors (Lipinski definition) is 1. The van der Waals surface area contributed by atoms with E-state index in [1.807, 2.05) is 24.4 Å². The van der Waals surface area contributed by atoms with Gasteiger partial charge in [-0.1, -0.05) is 29.3 Å². The first-order chi connectivity index (χ1) is 11.1. The number of benzene rings is 1. The molecule has 1 fully saturated rings. The van der Waals surface area contributed by atoms with Gasteiger partial charge in [0.25, 0.3) is 0 Å². The third-order valence-corrected chi connectivity index (χ3v) is 4.64. The van der Waals surface area contributed by atoms with E-state index in [9.17, 15) is 0 Å². The van der Waals surface area contributed by atoms with E-state index in [4.69, 9.17) is 35.4 Å². The Morgan fingerprint density at radius 2 is 1.87 bits per heavy atom. The van der Waals surface area contributed by atoms with Gasteiger partial charge in [0.15, 0.2) is 5.11 Å². The lowest BCUT2D eigenvalue weighted by atomic mass is 10.3. The molecule has 0 atom stereocenters. The third-order valence-electron chi connectivity index (χ3n) is 3.71. The molecule has 0 amide bonds. The highest BCUT2D eigenvalue weighted by Crippen LogP contribution is 2.26. The molecular weight excluding hydrogens is 351 g/mol. The molecule has 1 aliphatic heterocycles. The average molecular weight is 367 g/mol. The minimum atomic E-state index is 0.601. The molecule has 1 aromatic carbocycles. The van der Waals surface area contributed by atoms with Crippen molar-refractivity contribution in [3.8, 4) is 0 Å². The minimum Gasteiger partial charge on any atom is -0.353 e. The Morgan fingerprint density at radius 3 is 2.57 bits per heavy atom. The summed E-state index contributed by atoms with van der Waals surface area (Å²) in [4.78, 5) is 8.77. The van der Waals surface area contributed by atoms with Crippen molar-refractivity contribution in [2.24, 2.45) is 0 Å². The highest BCUT2D eigenvalue weighted by molar-refractivity contribution is 7.80. The molecule has 7 heteroatoms. The molecule has 1 aliphatic rings. The summed E-state index contributed by atoms with van der Waals surface area (Å²) >= 11 is 17.7. The summed E-state index contributed by atoms with van der Waals surface area (Å²) in [7, 11) is 0. The van der Waals surface area contributed by atoms with E-state index in [-0.39, 0.29) is 0 Å². The third kappa shape index (κ3) is 4.05. The van der Waals surface area contributed by atoms with Gasteiger partial charge in [-0.25, -0.2) is 4.98 Å². The van der Waals surface area contributed by atoms with Crippen molar-refractivity contribution in [2.45, 2.75) is 0 Å². The van der Waals surface area contributed by atoms with Crippen molar-refractivity contribution in [3.05, 3.63) is 52.6 Å². The molecule has 23 heavy (non-hydrogen) atoms. The zero-order valence-corrected chi connectivity index (χ0v) is 14.7. The van der Waals surface area contributed by atoms with Crippen molar-refractivity contribution < 1.29 is 0 Å². The van der Waals surface area contributed by atoms with E-state index in [1.54, 1.807) is 18.2 Å². The lowest BCUT2D eigenvalue weighted by Crippen LogP contribution is -2.50. The van der Waals surface area contributed by atoms with Gasteiger partial charge in [0.2, 0.25) is 0 Å². The second-order valence-corrected chi connectivity index (χ2v) is 6.45. The second-order valence-electron chi connectivity index (χ2n) is 5.22. The Kier molecular flexibility index (Phi) is 5.20. The summed E-state index contributed by atoms with van der Waals surface area (Å²) in [5.41, 5.74) is 0.733. The van der Waals surface area contributed by atoms with Gasteiger partial charge in [-0.05, 0) is 42.5 Å². The van der Waals surface area contributed by atoms with Crippen LogP contribution in [0.1, 0.15) is 0 Å². The van der Waals surface area contributed by atoms with Crippen LogP contribution in [0.5, 0.6) is 0 Å². The molecule has 1 N–H and O–H groups in total. The molecule has 0 radical (unpaired) electrons. The first kappa shape index (κ1) is 16.3. The molecule has 0 bridgehead atoms. The minimum absolute atomic E-state index is 0.601. The fraction of sp³-hybridized carbons (Fsp3) is 0.250. The van der Waals surface area contributed by atoms with Gasteiger partial charge in [-0.2, -0.15) is 0 Å². The summed E-state index contributed by atoms with van der Waals surface area (Å²) in [5.74, 6) is 1.00. The predicted molar refractivity (Wildman–Crippen MR) is 101 cm³/mol. The van der Waals surface area contributed by atoms with E-state index in [2.05, 4.69) is 20.1 Å². The van der Waals surface area contributed by atoms with Crippen LogP contribution in [0.2, 0.25) is 10.0 Å². The SMILES string of the molecule is S=C(Nc1cc(Cl)ccc1Cl)N1CCN(c2ccccn2)CC1. The van der Waals surface area contributed by atoms with Crippen molar-refractivity contribution in [3.63, 3.8) is 0 Å². The Morgan fingerprint density at radius 1 is 1.09 bits per heavy atom. The molecule has 4 nitrogen and oxygen atoms in total. The van der Waals surface area contributed by atoms with E-state index in [0.29, 0.717) is 15.2 Å². The normalized spacial score (nSPS) is 14.7. The molecule has 120 valence electrons. The first-order valence-electron chi connectivity index (χ1n) is 7.30. The number of halogens is 2. The summed E-state index contributed by atoms with van der Waals surface area (Å²) in [6.07, 6.45) is 1.81. The van der Waals surface area contributed by atoms with Crippen molar-refractivity contribution in [2.75, 3.05) is 36.4 Å². The molecule has 0 aliphatic carbocycles. The fourth-order valence-electron chi connectivity index (χ4n) is 2.47. The Balaban J connectivity index is 1.59. The van der Waals surface area contributed by atoms with Gasteiger partial charge < -0.3 is 15.1 Å². The summed E-state index contributed by atoms with van der Waals surface area (Å²) in [6.45, 7) is 3.42. The number of hydrogen-bond acceptors (Lipinski definition) is 3.